The van der Waals surface area contributed by atoms with Crippen molar-refractivity contribution in [3.05, 3.63) is 35.4 Å². The van der Waals surface area contributed by atoms with Crippen LogP contribution in [0.3, 0.4) is 0 Å². The highest BCUT2D eigenvalue weighted by molar-refractivity contribution is 5.30. The monoisotopic (exact) mass is 258 g/mol. The summed E-state index contributed by atoms with van der Waals surface area (Å²) in [5.74, 6) is 0.891. The number of benzene rings is 1. The molecule has 2 nitrogen and oxygen atoms in total. The van der Waals surface area contributed by atoms with Crippen LogP contribution in [-0.2, 0) is 13.1 Å². The summed E-state index contributed by atoms with van der Waals surface area (Å²) in [6, 6.07) is 9.57. The molecule has 1 atom stereocenters. The van der Waals surface area contributed by atoms with Crippen LogP contribution in [-0.4, -0.2) is 24.5 Å². The molecule has 19 heavy (non-hydrogen) atoms. The van der Waals surface area contributed by atoms with Crippen molar-refractivity contribution in [2.45, 2.75) is 51.2 Å². The van der Waals surface area contributed by atoms with E-state index in [0.29, 0.717) is 6.04 Å². The highest BCUT2D eigenvalue weighted by Crippen LogP contribution is 2.29. The number of fused-ring (bicyclic) bond motifs is 1. The fraction of sp³-hybridized carbons (Fsp3) is 0.647. The van der Waals surface area contributed by atoms with Crippen molar-refractivity contribution >= 4 is 0 Å². The second-order valence-electron chi connectivity index (χ2n) is 6.23. The summed E-state index contributed by atoms with van der Waals surface area (Å²) in [4.78, 5) is 2.61. The van der Waals surface area contributed by atoms with Crippen molar-refractivity contribution in [1.82, 2.24) is 10.2 Å². The Morgan fingerprint density at radius 3 is 2.32 bits per heavy atom. The second kappa shape index (κ2) is 6.06. The molecule has 0 amide bonds. The van der Waals surface area contributed by atoms with Crippen LogP contribution < -0.4 is 5.32 Å². The first-order valence-corrected chi connectivity index (χ1v) is 7.83. The molecular formula is C17H26N2. The molecule has 1 unspecified atom stereocenters. The first-order chi connectivity index (χ1) is 9.36. The molecule has 1 aliphatic carbocycles. The average Bonchev–Trinajstić information content (AvgIpc) is 2.88. The average molecular weight is 258 g/mol. The fourth-order valence-electron chi connectivity index (χ4n) is 3.82. The van der Waals surface area contributed by atoms with Gasteiger partial charge in [-0.15, -0.1) is 0 Å². The van der Waals surface area contributed by atoms with Crippen LogP contribution in [0, 0.1) is 5.92 Å². The molecule has 0 radical (unpaired) electrons. The van der Waals surface area contributed by atoms with Crippen molar-refractivity contribution in [3.63, 3.8) is 0 Å². The van der Waals surface area contributed by atoms with Gasteiger partial charge in [0.1, 0.15) is 0 Å². The fourth-order valence-corrected chi connectivity index (χ4v) is 3.82. The molecule has 0 aromatic heterocycles. The van der Waals surface area contributed by atoms with E-state index in [1.807, 2.05) is 0 Å². The third-order valence-corrected chi connectivity index (χ3v) is 4.95. The smallest absolute Gasteiger partial charge is 0.0241 e. The number of rotatable bonds is 4. The molecule has 1 aromatic carbocycles. The van der Waals surface area contributed by atoms with E-state index < -0.39 is 0 Å². The van der Waals surface area contributed by atoms with Gasteiger partial charge in [0, 0.05) is 25.7 Å². The van der Waals surface area contributed by atoms with E-state index in [9.17, 15) is 0 Å². The van der Waals surface area contributed by atoms with Crippen molar-refractivity contribution in [2.75, 3.05) is 13.6 Å². The van der Waals surface area contributed by atoms with Gasteiger partial charge in [-0.2, -0.15) is 0 Å². The molecule has 2 heteroatoms. The van der Waals surface area contributed by atoms with E-state index in [-0.39, 0.29) is 0 Å². The van der Waals surface area contributed by atoms with E-state index in [1.165, 1.54) is 49.8 Å². The molecule has 0 spiro atoms. The SMILES string of the molecule is CNC(CN1Cc2ccccc2C1)C1CCCCC1. The van der Waals surface area contributed by atoms with Gasteiger partial charge in [0.15, 0.2) is 0 Å². The van der Waals surface area contributed by atoms with Crippen LogP contribution in [0.1, 0.15) is 43.2 Å². The Balaban J connectivity index is 1.59. The maximum absolute atomic E-state index is 3.58. The summed E-state index contributed by atoms with van der Waals surface area (Å²) in [5, 5.41) is 3.58. The Morgan fingerprint density at radius 2 is 1.74 bits per heavy atom. The van der Waals surface area contributed by atoms with Crippen LogP contribution in [0.25, 0.3) is 0 Å². The Bertz CT molecular complexity index is 384. The standard InChI is InChI=1S/C17H26N2/c1-18-17(14-7-3-2-4-8-14)13-19-11-15-9-5-6-10-16(15)12-19/h5-6,9-10,14,17-18H,2-4,7-8,11-13H2,1H3. The Kier molecular flexibility index (Phi) is 4.19. The first kappa shape index (κ1) is 13.1. The Morgan fingerprint density at radius 1 is 1.11 bits per heavy atom. The summed E-state index contributed by atoms with van der Waals surface area (Å²) >= 11 is 0. The van der Waals surface area contributed by atoms with Crippen molar-refractivity contribution < 1.29 is 0 Å². The molecule has 0 bridgehead atoms. The van der Waals surface area contributed by atoms with Crippen LogP contribution in [0.5, 0.6) is 0 Å². The van der Waals surface area contributed by atoms with Crippen molar-refractivity contribution in [2.24, 2.45) is 5.92 Å². The lowest BCUT2D eigenvalue weighted by Gasteiger charge is -2.32. The molecule has 1 heterocycles. The van der Waals surface area contributed by atoms with Crippen molar-refractivity contribution in [3.8, 4) is 0 Å². The number of hydrogen-bond donors (Lipinski definition) is 1. The minimum absolute atomic E-state index is 0.676. The molecule has 104 valence electrons. The van der Waals surface area contributed by atoms with Gasteiger partial charge in [-0.3, -0.25) is 4.90 Å². The molecule has 1 fully saturated rings. The maximum atomic E-state index is 3.58. The summed E-state index contributed by atoms with van der Waals surface area (Å²) in [7, 11) is 2.14. The molecular weight excluding hydrogens is 232 g/mol. The second-order valence-corrected chi connectivity index (χ2v) is 6.23. The summed E-state index contributed by atoms with van der Waals surface area (Å²) in [6.07, 6.45) is 7.16. The zero-order valence-electron chi connectivity index (χ0n) is 12.1. The number of nitrogens with one attached hydrogen (secondary N) is 1. The van der Waals surface area contributed by atoms with Gasteiger partial charge in [0.05, 0.1) is 0 Å². The molecule has 0 saturated heterocycles. The van der Waals surface area contributed by atoms with E-state index in [0.717, 1.165) is 19.0 Å². The minimum atomic E-state index is 0.676. The van der Waals surface area contributed by atoms with E-state index in [1.54, 1.807) is 0 Å². The molecule has 1 aliphatic heterocycles. The molecule has 1 aromatic rings. The van der Waals surface area contributed by atoms with Gasteiger partial charge in [-0.25, -0.2) is 0 Å². The third kappa shape index (κ3) is 3.01. The lowest BCUT2D eigenvalue weighted by molar-refractivity contribution is 0.190. The highest BCUT2D eigenvalue weighted by Gasteiger charge is 2.26. The lowest BCUT2D eigenvalue weighted by Crippen LogP contribution is -2.43. The summed E-state index contributed by atoms with van der Waals surface area (Å²) in [5.41, 5.74) is 3.06. The third-order valence-electron chi connectivity index (χ3n) is 4.95. The van der Waals surface area contributed by atoms with Crippen molar-refractivity contribution in [1.29, 1.82) is 0 Å². The normalized spacial score (nSPS) is 22.4. The van der Waals surface area contributed by atoms with Crippen LogP contribution >= 0.6 is 0 Å². The highest BCUT2D eigenvalue weighted by atomic mass is 15.2. The van der Waals surface area contributed by atoms with Gasteiger partial charge >= 0.3 is 0 Å². The van der Waals surface area contributed by atoms with E-state index >= 15 is 0 Å². The topological polar surface area (TPSA) is 15.3 Å². The number of nitrogens with zero attached hydrogens (tertiary/aromatic N) is 1. The number of likely N-dealkylation sites (N-methyl/N-ethyl adjacent to an activating group) is 1. The predicted molar refractivity (Wildman–Crippen MR) is 80.0 cm³/mol. The lowest BCUT2D eigenvalue weighted by atomic mass is 9.83. The van der Waals surface area contributed by atoms with Gasteiger partial charge in [-0.1, -0.05) is 43.5 Å². The van der Waals surface area contributed by atoms with Crippen LogP contribution in [0.4, 0.5) is 0 Å². The molecule has 3 rings (SSSR count). The largest absolute Gasteiger partial charge is 0.315 e. The molecule has 2 aliphatic rings. The summed E-state index contributed by atoms with van der Waals surface area (Å²) in [6.45, 7) is 3.48. The summed E-state index contributed by atoms with van der Waals surface area (Å²) < 4.78 is 0. The first-order valence-electron chi connectivity index (χ1n) is 7.83. The quantitative estimate of drug-likeness (QED) is 0.892. The van der Waals surface area contributed by atoms with Gasteiger partial charge in [-0.05, 0) is 36.9 Å². The maximum Gasteiger partial charge on any atom is 0.0241 e. The van der Waals surface area contributed by atoms with E-state index in [2.05, 4.69) is 41.5 Å². The van der Waals surface area contributed by atoms with Gasteiger partial charge in [0.25, 0.3) is 0 Å². The van der Waals surface area contributed by atoms with E-state index in [4.69, 9.17) is 0 Å². The Labute approximate surface area is 117 Å². The van der Waals surface area contributed by atoms with Crippen LogP contribution in [0.15, 0.2) is 24.3 Å². The molecule has 1 saturated carbocycles. The zero-order chi connectivity index (χ0) is 13.1. The van der Waals surface area contributed by atoms with Gasteiger partial charge < -0.3 is 5.32 Å². The Hall–Kier alpha value is -0.860. The predicted octanol–water partition coefficient (Wildman–Crippen LogP) is 3.17. The minimum Gasteiger partial charge on any atom is -0.315 e. The van der Waals surface area contributed by atoms with Gasteiger partial charge in [0.2, 0.25) is 0 Å². The zero-order valence-corrected chi connectivity index (χ0v) is 12.1. The molecule has 1 N–H and O–H groups in total. The number of hydrogen-bond acceptors (Lipinski definition) is 2. The van der Waals surface area contributed by atoms with Crippen LogP contribution in [0.2, 0.25) is 0 Å².